The number of alkyl halides is 1. The number of carbonyl (C=O) groups is 1. The van der Waals surface area contributed by atoms with Crippen molar-refractivity contribution >= 4 is 33.3 Å². The van der Waals surface area contributed by atoms with Gasteiger partial charge in [-0.25, -0.2) is 0 Å². The molecular weight excluding hydrogens is 291 g/mol. The van der Waals surface area contributed by atoms with Gasteiger partial charge in [0.05, 0.1) is 5.33 Å². The number of hydrogen-bond acceptors (Lipinski definition) is 2. The number of halogens is 2. The summed E-state index contributed by atoms with van der Waals surface area (Å²) in [4.78, 5) is 11.4. The fourth-order valence-electron chi connectivity index (χ4n) is 1.32. The quantitative estimate of drug-likeness (QED) is 0.629. The van der Waals surface area contributed by atoms with Gasteiger partial charge in [-0.15, -0.1) is 0 Å². The molecule has 2 aromatic rings. The average Bonchev–Trinajstić information content (AvgIpc) is 2.78. The summed E-state index contributed by atoms with van der Waals surface area (Å²) in [5.74, 6) is 0.961. The molecule has 0 unspecified atom stereocenters. The normalized spacial score (nSPS) is 10.4. The Morgan fingerprint density at radius 1 is 1.19 bits per heavy atom. The molecular formula is C12H8BrClO2. The molecule has 0 bridgehead atoms. The number of hydrogen-bond donors (Lipinski definition) is 0. The van der Waals surface area contributed by atoms with E-state index in [2.05, 4.69) is 15.9 Å². The molecule has 1 aromatic carbocycles. The first kappa shape index (κ1) is 11.4. The summed E-state index contributed by atoms with van der Waals surface area (Å²) in [7, 11) is 0. The molecule has 0 N–H and O–H groups in total. The van der Waals surface area contributed by atoms with Gasteiger partial charge in [0.2, 0.25) is 5.78 Å². The van der Waals surface area contributed by atoms with Crippen LogP contribution < -0.4 is 0 Å². The zero-order valence-corrected chi connectivity index (χ0v) is 10.6. The molecule has 0 spiro atoms. The molecule has 1 aromatic heterocycles. The van der Waals surface area contributed by atoms with E-state index in [0.29, 0.717) is 16.5 Å². The maximum atomic E-state index is 11.4. The van der Waals surface area contributed by atoms with Crippen LogP contribution in [0.25, 0.3) is 11.3 Å². The lowest BCUT2D eigenvalue weighted by atomic mass is 10.2. The minimum Gasteiger partial charge on any atom is -0.453 e. The minimum absolute atomic E-state index is 0.0692. The second-order valence-corrected chi connectivity index (χ2v) is 4.22. The van der Waals surface area contributed by atoms with Gasteiger partial charge in [-0.1, -0.05) is 27.5 Å². The fraction of sp³-hybridized carbons (Fsp3) is 0.0833. The first-order valence-electron chi connectivity index (χ1n) is 4.65. The molecule has 4 heteroatoms. The molecule has 16 heavy (non-hydrogen) atoms. The van der Waals surface area contributed by atoms with E-state index in [0.717, 1.165) is 5.56 Å². The van der Waals surface area contributed by atoms with Crippen molar-refractivity contribution < 1.29 is 9.21 Å². The van der Waals surface area contributed by atoms with Crippen LogP contribution in [0.4, 0.5) is 0 Å². The van der Waals surface area contributed by atoms with Crippen molar-refractivity contribution in [3.8, 4) is 11.3 Å². The maximum absolute atomic E-state index is 11.4. The Morgan fingerprint density at radius 3 is 2.50 bits per heavy atom. The summed E-state index contributed by atoms with van der Waals surface area (Å²) in [6.07, 6.45) is 0. The van der Waals surface area contributed by atoms with Gasteiger partial charge in [0.15, 0.2) is 5.76 Å². The molecule has 82 valence electrons. The van der Waals surface area contributed by atoms with Crippen molar-refractivity contribution in [3.05, 3.63) is 47.2 Å². The average molecular weight is 300 g/mol. The van der Waals surface area contributed by atoms with Gasteiger partial charge in [0, 0.05) is 10.6 Å². The third-order valence-corrected chi connectivity index (χ3v) is 2.89. The van der Waals surface area contributed by atoms with Gasteiger partial charge >= 0.3 is 0 Å². The maximum Gasteiger partial charge on any atom is 0.208 e. The SMILES string of the molecule is O=C(CBr)c1ccc(-c2ccc(Cl)cc2)o1. The van der Waals surface area contributed by atoms with Crippen LogP contribution in [0.15, 0.2) is 40.8 Å². The molecule has 0 saturated carbocycles. The van der Waals surface area contributed by atoms with E-state index in [1.54, 1.807) is 24.3 Å². The largest absolute Gasteiger partial charge is 0.453 e. The van der Waals surface area contributed by atoms with Crippen LogP contribution in [0.1, 0.15) is 10.6 Å². The van der Waals surface area contributed by atoms with E-state index in [4.69, 9.17) is 16.0 Å². The highest BCUT2D eigenvalue weighted by Gasteiger charge is 2.10. The predicted octanol–water partition coefficient (Wildman–Crippen LogP) is 4.18. The summed E-state index contributed by atoms with van der Waals surface area (Å²) >= 11 is 8.89. The molecule has 0 atom stereocenters. The third-order valence-electron chi connectivity index (χ3n) is 2.13. The third kappa shape index (κ3) is 2.36. The molecule has 0 aliphatic rings. The van der Waals surface area contributed by atoms with Gasteiger partial charge in [-0.3, -0.25) is 4.79 Å². The Balaban J connectivity index is 2.31. The number of rotatable bonds is 3. The predicted molar refractivity (Wildman–Crippen MR) is 67.3 cm³/mol. The lowest BCUT2D eigenvalue weighted by Gasteiger charge is -1.96. The first-order valence-corrected chi connectivity index (χ1v) is 6.15. The number of Topliss-reactive ketones (excluding diaryl/α,β-unsaturated/α-hetero) is 1. The molecule has 0 aliphatic carbocycles. The Bertz CT molecular complexity index is 502. The van der Waals surface area contributed by atoms with E-state index in [-0.39, 0.29) is 11.1 Å². The van der Waals surface area contributed by atoms with Crippen molar-refractivity contribution in [2.75, 3.05) is 5.33 Å². The van der Waals surface area contributed by atoms with E-state index in [1.165, 1.54) is 0 Å². The highest BCUT2D eigenvalue weighted by atomic mass is 79.9. The van der Waals surface area contributed by atoms with Crippen LogP contribution in [-0.4, -0.2) is 11.1 Å². The van der Waals surface area contributed by atoms with E-state index in [1.807, 2.05) is 12.1 Å². The van der Waals surface area contributed by atoms with E-state index in [9.17, 15) is 4.79 Å². The summed E-state index contributed by atoms with van der Waals surface area (Å²) < 4.78 is 5.44. The lowest BCUT2D eigenvalue weighted by Crippen LogP contribution is -1.96. The van der Waals surface area contributed by atoms with Gasteiger partial charge in [0.25, 0.3) is 0 Å². The molecule has 0 saturated heterocycles. The summed E-state index contributed by atoms with van der Waals surface area (Å²) in [6, 6.07) is 10.7. The monoisotopic (exact) mass is 298 g/mol. The Labute approximate surface area is 106 Å². The van der Waals surface area contributed by atoms with Crippen molar-refractivity contribution in [3.63, 3.8) is 0 Å². The van der Waals surface area contributed by atoms with Crippen LogP contribution in [0.2, 0.25) is 5.02 Å². The van der Waals surface area contributed by atoms with Crippen LogP contribution in [0.5, 0.6) is 0 Å². The van der Waals surface area contributed by atoms with Crippen molar-refractivity contribution in [2.45, 2.75) is 0 Å². The molecule has 0 aliphatic heterocycles. The topological polar surface area (TPSA) is 30.2 Å². The molecule has 0 radical (unpaired) electrons. The van der Waals surface area contributed by atoms with Crippen LogP contribution in [-0.2, 0) is 0 Å². The van der Waals surface area contributed by atoms with Crippen LogP contribution in [0.3, 0.4) is 0 Å². The standard InChI is InChI=1S/C12H8BrClO2/c13-7-10(15)12-6-5-11(16-12)8-1-3-9(14)4-2-8/h1-6H,7H2. The van der Waals surface area contributed by atoms with E-state index < -0.39 is 0 Å². The Hall–Kier alpha value is -1.06. The first-order chi connectivity index (χ1) is 7.70. The molecule has 0 amide bonds. The van der Waals surface area contributed by atoms with Crippen LogP contribution >= 0.6 is 27.5 Å². The summed E-state index contributed by atoms with van der Waals surface area (Å²) in [5, 5.41) is 0.938. The Kier molecular flexibility index (Phi) is 3.46. The second kappa shape index (κ2) is 4.85. The van der Waals surface area contributed by atoms with Gasteiger partial charge in [0.1, 0.15) is 5.76 Å². The lowest BCUT2D eigenvalue weighted by molar-refractivity contribution is 0.0994. The smallest absolute Gasteiger partial charge is 0.208 e. The highest BCUT2D eigenvalue weighted by molar-refractivity contribution is 9.09. The molecule has 2 rings (SSSR count). The number of benzene rings is 1. The highest BCUT2D eigenvalue weighted by Crippen LogP contribution is 2.24. The second-order valence-electron chi connectivity index (χ2n) is 3.23. The number of carbonyl (C=O) groups excluding carboxylic acids is 1. The summed E-state index contributed by atoms with van der Waals surface area (Å²) in [5.41, 5.74) is 0.901. The fourth-order valence-corrected chi connectivity index (χ4v) is 1.73. The zero-order valence-electron chi connectivity index (χ0n) is 8.24. The van der Waals surface area contributed by atoms with Crippen molar-refractivity contribution in [1.82, 2.24) is 0 Å². The summed E-state index contributed by atoms with van der Waals surface area (Å²) in [6.45, 7) is 0. The van der Waals surface area contributed by atoms with Gasteiger partial charge in [-0.2, -0.15) is 0 Å². The van der Waals surface area contributed by atoms with Gasteiger partial charge in [-0.05, 0) is 36.4 Å². The van der Waals surface area contributed by atoms with Crippen molar-refractivity contribution in [1.29, 1.82) is 0 Å². The van der Waals surface area contributed by atoms with Crippen molar-refractivity contribution in [2.24, 2.45) is 0 Å². The van der Waals surface area contributed by atoms with Gasteiger partial charge < -0.3 is 4.42 Å². The molecule has 0 fully saturated rings. The van der Waals surface area contributed by atoms with E-state index >= 15 is 0 Å². The molecule has 1 heterocycles. The molecule has 2 nitrogen and oxygen atoms in total. The minimum atomic E-state index is -0.0692. The van der Waals surface area contributed by atoms with Crippen LogP contribution in [0, 0.1) is 0 Å². The number of furan rings is 1. The number of ketones is 1. The Morgan fingerprint density at radius 2 is 1.88 bits per heavy atom. The zero-order chi connectivity index (χ0) is 11.5.